The highest BCUT2D eigenvalue weighted by Gasteiger charge is 2.51. The lowest BCUT2D eigenvalue weighted by molar-refractivity contribution is -0.938. The van der Waals surface area contributed by atoms with E-state index in [1.807, 2.05) is 6.07 Å². The van der Waals surface area contributed by atoms with Crippen molar-refractivity contribution in [1.82, 2.24) is 0 Å². The maximum absolute atomic E-state index is 10.2. The number of benzene rings is 1. The fourth-order valence-corrected chi connectivity index (χ4v) is 3.62. The molecule has 0 spiro atoms. The van der Waals surface area contributed by atoms with Crippen LogP contribution in [-0.4, -0.2) is 46.5 Å². The molecule has 3 rings (SSSR count). The predicted molar refractivity (Wildman–Crippen MR) is 69.7 cm³/mol. The SMILES string of the molecule is OCC1=CC[N+]2(Cc3ccccc3)CC[C@@H](O)[C@H]12. The predicted octanol–water partition coefficient (Wildman–Crippen LogP) is 1.07. The Balaban J connectivity index is 1.87. The van der Waals surface area contributed by atoms with Crippen molar-refractivity contribution in [2.24, 2.45) is 0 Å². The van der Waals surface area contributed by atoms with E-state index in [2.05, 4.69) is 30.3 Å². The average Bonchev–Trinajstić information content (AvgIpc) is 2.90. The van der Waals surface area contributed by atoms with E-state index < -0.39 is 0 Å². The molecule has 2 N–H and O–H groups in total. The Labute approximate surface area is 108 Å². The Hall–Kier alpha value is -1.16. The van der Waals surface area contributed by atoms with Gasteiger partial charge in [-0.1, -0.05) is 30.3 Å². The molecule has 0 saturated carbocycles. The van der Waals surface area contributed by atoms with Crippen LogP contribution < -0.4 is 0 Å². The maximum atomic E-state index is 10.2. The van der Waals surface area contributed by atoms with Crippen LogP contribution in [0.1, 0.15) is 12.0 Å². The Morgan fingerprint density at radius 2 is 2.00 bits per heavy atom. The van der Waals surface area contributed by atoms with E-state index in [-0.39, 0.29) is 18.8 Å². The summed E-state index contributed by atoms with van der Waals surface area (Å²) < 4.78 is 0.890. The van der Waals surface area contributed by atoms with Gasteiger partial charge in [0.1, 0.15) is 18.7 Å². The van der Waals surface area contributed by atoms with Crippen LogP contribution in [0.5, 0.6) is 0 Å². The van der Waals surface area contributed by atoms with Gasteiger partial charge in [0, 0.05) is 17.6 Å². The Kier molecular flexibility index (Phi) is 2.98. The zero-order valence-electron chi connectivity index (χ0n) is 10.5. The first-order chi connectivity index (χ1) is 8.75. The fourth-order valence-electron chi connectivity index (χ4n) is 3.62. The van der Waals surface area contributed by atoms with Gasteiger partial charge in [-0.25, -0.2) is 0 Å². The van der Waals surface area contributed by atoms with Crippen LogP contribution in [0.15, 0.2) is 42.0 Å². The minimum Gasteiger partial charge on any atom is -0.392 e. The molecular weight excluding hydrogens is 226 g/mol. The van der Waals surface area contributed by atoms with Crippen LogP contribution in [0.2, 0.25) is 0 Å². The molecule has 1 fully saturated rings. The van der Waals surface area contributed by atoms with Crippen molar-refractivity contribution in [3.63, 3.8) is 0 Å². The molecule has 1 unspecified atom stereocenters. The lowest BCUT2D eigenvalue weighted by Gasteiger charge is -2.36. The summed E-state index contributed by atoms with van der Waals surface area (Å²) in [5.74, 6) is 0. The van der Waals surface area contributed by atoms with E-state index in [1.54, 1.807) is 0 Å². The number of hydrogen-bond donors (Lipinski definition) is 2. The summed E-state index contributed by atoms with van der Waals surface area (Å²) in [7, 11) is 0. The van der Waals surface area contributed by atoms with Gasteiger partial charge in [0.15, 0.2) is 0 Å². The zero-order chi connectivity index (χ0) is 12.6. The van der Waals surface area contributed by atoms with E-state index in [9.17, 15) is 10.2 Å². The third-order valence-electron chi connectivity index (χ3n) is 4.44. The highest BCUT2D eigenvalue weighted by atomic mass is 16.3. The topological polar surface area (TPSA) is 40.5 Å². The molecule has 0 radical (unpaired) electrons. The van der Waals surface area contributed by atoms with Crippen molar-refractivity contribution >= 4 is 0 Å². The highest BCUT2D eigenvalue weighted by Crippen LogP contribution is 2.38. The van der Waals surface area contributed by atoms with E-state index >= 15 is 0 Å². The minimum atomic E-state index is -0.297. The van der Waals surface area contributed by atoms with Crippen molar-refractivity contribution in [2.45, 2.75) is 25.1 Å². The summed E-state index contributed by atoms with van der Waals surface area (Å²) in [6.45, 7) is 2.96. The molecule has 0 bridgehead atoms. The molecule has 0 amide bonds. The van der Waals surface area contributed by atoms with Crippen molar-refractivity contribution in [2.75, 3.05) is 19.7 Å². The number of fused-ring (bicyclic) bond motifs is 1. The van der Waals surface area contributed by atoms with Crippen LogP contribution in [0.4, 0.5) is 0 Å². The number of rotatable bonds is 3. The Bertz CT molecular complexity index is 457. The second kappa shape index (κ2) is 4.50. The molecule has 3 heteroatoms. The molecular formula is C15H20NO2+. The summed E-state index contributed by atoms with van der Waals surface area (Å²) in [4.78, 5) is 0. The van der Waals surface area contributed by atoms with Gasteiger partial charge in [-0.2, -0.15) is 0 Å². The number of quaternary nitrogens is 1. The third-order valence-corrected chi connectivity index (χ3v) is 4.44. The number of hydrogen-bond acceptors (Lipinski definition) is 2. The third kappa shape index (κ3) is 1.79. The van der Waals surface area contributed by atoms with E-state index in [0.29, 0.717) is 0 Å². The molecule has 1 aromatic carbocycles. The number of aliphatic hydroxyl groups is 2. The molecule has 0 aromatic heterocycles. The summed E-state index contributed by atoms with van der Waals surface area (Å²) >= 11 is 0. The molecule has 3 nitrogen and oxygen atoms in total. The lowest BCUT2D eigenvalue weighted by Crippen LogP contribution is -2.51. The van der Waals surface area contributed by atoms with Crippen molar-refractivity contribution in [1.29, 1.82) is 0 Å². The van der Waals surface area contributed by atoms with Gasteiger partial charge in [0.05, 0.1) is 19.7 Å². The molecule has 2 aliphatic rings. The van der Waals surface area contributed by atoms with Gasteiger partial charge in [-0.3, -0.25) is 0 Å². The molecule has 1 saturated heterocycles. The molecule has 2 aliphatic heterocycles. The lowest BCUT2D eigenvalue weighted by atomic mass is 10.0. The average molecular weight is 246 g/mol. The normalized spacial score (nSPS) is 34.4. The Morgan fingerprint density at radius 1 is 1.22 bits per heavy atom. The van der Waals surface area contributed by atoms with Gasteiger partial charge in [-0.15, -0.1) is 0 Å². The molecule has 18 heavy (non-hydrogen) atoms. The Morgan fingerprint density at radius 3 is 2.72 bits per heavy atom. The van der Waals surface area contributed by atoms with Crippen molar-refractivity contribution < 1.29 is 14.7 Å². The summed E-state index contributed by atoms with van der Waals surface area (Å²) in [5, 5.41) is 19.6. The van der Waals surface area contributed by atoms with Gasteiger partial charge < -0.3 is 14.7 Å². The first kappa shape index (κ1) is 11.9. The van der Waals surface area contributed by atoms with Gasteiger partial charge in [0.2, 0.25) is 0 Å². The second-order valence-electron chi connectivity index (χ2n) is 5.51. The molecule has 1 aromatic rings. The zero-order valence-corrected chi connectivity index (χ0v) is 10.5. The first-order valence-corrected chi connectivity index (χ1v) is 6.63. The molecule has 0 aliphatic carbocycles. The molecule has 3 atom stereocenters. The quantitative estimate of drug-likeness (QED) is 0.618. The van der Waals surface area contributed by atoms with Crippen molar-refractivity contribution in [3.05, 3.63) is 47.5 Å². The van der Waals surface area contributed by atoms with Crippen LogP contribution >= 0.6 is 0 Å². The van der Waals surface area contributed by atoms with Crippen molar-refractivity contribution in [3.8, 4) is 0 Å². The maximum Gasteiger partial charge on any atom is 0.140 e. The van der Waals surface area contributed by atoms with Crippen LogP contribution in [0.3, 0.4) is 0 Å². The van der Waals surface area contributed by atoms with Crippen LogP contribution in [0, 0.1) is 0 Å². The summed E-state index contributed by atoms with van der Waals surface area (Å²) in [6, 6.07) is 10.5. The monoisotopic (exact) mass is 246 g/mol. The van der Waals surface area contributed by atoms with E-state index in [1.165, 1.54) is 5.56 Å². The fraction of sp³-hybridized carbons (Fsp3) is 0.467. The van der Waals surface area contributed by atoms with Gasteiger partial charge >= 0.3 is 0 Å². The van der Waals surface area contributed by atoms with Gasteiger partial charge in [-0.05, 0) is 6.08 Å². The smallest absolute Gasteiger partial charge is 0.140 e. The van der Waals surface area contributed by atoms with E-state index in [4.69, 9.17) is 0 Å². The molecule has 96 valence electrons. The second-order valence-corrected chi connectivity index (χ2v) is 5.51. The van der Waals surface area contributed by atoms with Crippen LogP contribution in [0.25, 0.3) is 0 Å². The largest absolute Gasteiger partial charge is 0.392 e. The number of aliphatic hydroxyl groups excluding tert-OH is 2. The summed E-state index contributed by atoms with van der Waals surface area (Å²) in [5.41, 5.74) is 2.33. The number of nitrogens with zero attached hydrogens (tertiary/aromatic N) is 1. The van der Waals surface area contributed by atoms with E-state index in [0.717, 1.165) is 36.1 Å². The molecule has 2 heterocycles. The van der Waals surface area contributed by atoms with Gasteiger partial charge in [0.25, 0.3) is 0 Å². The first-order valence-electron chi connectivity index (χ1n) is 6.63. The van der Waals surface area contributed by atoms with Crippen LogP contribution in [-0.2, 0) is 6.54 Å². The summed E-state index contributed by atoms with van der Waals surface area (Å²) in [6.07, 6.45) is 2.67. The highest BCUT2D eigenvalue weighted by molar-refractivity contribution is 5.20. The minimum absolute atomic E-state index is 0.0799. The standard InChI is InChI=1S/C15H20NO2/c17-11-13-6-8-16(9-7-14(18)15(13)16)10-12-4-2-1-3-5-12/h1-6,14-15,17-18H,7-11H2/q+1/t14-,15+,16?/m1/s1.